The van der Waals surface area contributed by atoms with Gasteiger partial charge in [-0.3, -0.25) is 19.3 Å². The topological polar surface area (TPSA) is 110 Å². The first-order valence-electron chi connectivity index (χ1n) is 11.0. The van der Waals surface area contributed by atoms with Crippen molar-refractivity contribution in [2.24, 2.45) is 0 Å². The van der Waals surface area contributed by atoms with E-state index < -0.39 is 5.91 Å². The van der Waals surface area contributed by atoms with E-state index in [1.54, 1.807) is 42.6 Å². The summed E-state index contributed by atoms with van der Waals surface area (Å²) in [5, 5.41) is 5.48. The van der Waals surface area contributed by atoms with Crippen LogP contribution in [0.25, 0.3) is 0 Å². The van der Waals surface area contributed by atoms with E-state index in [2.05, 4.69) is 15.6 Å². The largest absolute Gasteiger partial charge is 0.497 e. The standard InChI is InChI=1S/C26H28N4O5/c1-34-20-11-12-21(22(16-20)35-2)30(18-25(32)28-17-19-8-4-3-5-9-19)26(33)14-13-24(31)29-23-10-6-7-15-27-23/h3-12,15-16H,13-14,17-18H2,1-2H3,(H,28,32)(H,27,29,31). The van der Waals surface area contributed by atoms with E-state index in [1.165, 1.54) is 19.1 Å². The molecule has 0 unspecified atom stereocenters. The summed E-state index contributed by atoms with van der Waals surface area (Å²) < 4.78 is 10.7. The van der Waals surface area contributed by atoms with Gasteiger partial charge in [-0.25, -0.2) is 4.98 Å². The third-order valence-corrected chi connectivity index (χ3v) is 5.11. The molecule has 3 amide bonds. The van der Waals surface area contributed by atoms with Crippen LogP contribution in [0.2, 0.25) is 0 Å². The summed E-state index contributed by atoms with van der Waals surface area (Å²) in [5.41, 5.74) is 1.34. The molecule has 0 fully saturated rings. The number of benzene rings is 2. The molecule has 0 radical (unpaired) electrons. The number of anilines is 2. The Morgan fingerprint density at radius 3 is 2.34 bits per heavy atom. The molecule has 2 N–H and O–H groups in total. The number of ether oxygens (including phenoxy) is 2. The van der Waals surface area contributed by atoms with Gasteiger partial charge in [0, 0.05) is 31.6 Å². The zero-order valence-electron chi connectivity index (χ0n) is 19.7. The molecule has 9 heteroatoms. The van der Waals surface area contributed by atoms with Crippen molar-refractivity contribution in [2.75, 3.05) is 31.0 Å². The van der Waals surface area contributed by atoms with Crippen molar-refractivity contribution in [1.82, 2.24) is 10.3 Å². The minimum absolute atomic E-state index is 0.0734. The molecule has 3 aromatic rings. The number of nitrogens with one attached hydrogen (secondary N) is 2. The number of rotatable bonds is 11. The minimum Gasteiger partial charge on any atom is -0.497 e. The first kappa shape index (κ1) is 25.2. The number of amides is 3. The van der Waals surface area contributed by atoms with Gasteiger partial charge in [0.25, 0.3) is 0 Å². The highest BCUT2D eigenvalue weighted by Gasteiger charge is 2.23. The van der Waals surface area contributed by atoms with Crippen LogP contribution in [0.15, 0.2) is 72.9 Å². The minimum atomic E-state index is -0.403. The molecule has 0 aliphatic heterocycles. The quantitative estimate of drug-likeness (QED) is 0.440. The van der Waals surface area contributed by atoms with Gasteiger partial charge < -0.3 is 20.1 Å². The fourth-order valence-corrected chi connectivity index (χ4v) is 3.31. The van der Waals surface area contributed by atoms with Crippen molar-refractivity contribution in [3.05, 3.63) is 78.5 Å². The van der Waals surface area contributed by atoms with Crippen LogP contribution in [0.3, 0.4) is 0 Å². The number of nitrogens with zero attached hydrogens (tertiary/aromatic N) is 2. The summed E-state index contributed by atoms with van der Waals surface area (Å²) in [6, 6.07) is 19.6. The van der Waals surface area contributed by atoms with E-state index in [4.69, 9.17) is 9.47 Å². The molecule has 3 rings (SSSR count). The van der Waals surface area contributed by atoms with Crippen molar-refractivity contribution in [2.45, 2.75) is 19.4 Å². The van der Waals surface area contributed by atoms with Gasteiger partial charge in [0.15, 0.2) is 0 Å². The zero-order valence-corrected chi connectivity index (χ0v) is 19.7. The summed E-state index contributed by atoms with van der Waals surface area (Å²) >= 11 is 0. The van der Waals surface area contributed by atoms with E-state index in [0.29, 0.717) is 29.5 Å². The van der Waals surface area contributed by atoms with Crippen LogP contribution >= 0.6 is 0 Å². The predicted molar refractivity (Wildman–Crippen MR) is 132 cm³/mol. The van der Waals surface area contributed by atoms with Gasteiger partial charge in [-0.15, -0.1) is 0 Å². The highest BCUT2D eigenvalue weighted by atomic mass is 16.5. The van der Waals surface area contributed by atoms with Crippen LogP contribution in [-0.2, 0) is 20.9 Å². The maximum atomic E-state index is 13.2. The van der Waals surface area contributed by atoms with E-state index in [0.717, 1.165) is 5.56 Å². The summed E-state index contributed by atoms with van der Waals surface area (Å²) in [4.78, 5) is 43.6. The van der Waals surface area contributed by atoms with Gasteiger partial charge in [0.05, 0.1) is 19.9 Å². The SMILES string of the molecule is COc1ccc(N(CC(=O)NCc2ccccc2)C(=O)CCC(=O)Nc2ccccn2)c(OC)c1. The van der Waals surface area contributed by atoms with Crippen LogP contribution in [0.4, 0.5) is 11.5 Å². The van der Waals surface area contributed by atoms with Crippen molar-refractivity contribution >= 4 is 29.2 Å². The Bertz CT molecular complexity index is 1140. The maximum Gasteiger partial charge on any atom is 0.240 e. The number of hydrogen-bond acceptors (Lipinski definition) is 6. The first-order valence-corrected chi connectivity index (χ1v) is 11.0. The molecule has 182 valence electrons. The molecule has 0 aliphatic rings. The molecule has 1 aromatic heterocycles. The molecule has 0 saturated carbocycles. The predicted octanol–water partition coefficient (Wildman–Crippen LogP) is 3.17. The average Bonchev–Trinajstić information content (AvgIpc) is 2.90. The number of hydrogen-bond donors (Lipinski definition) is 2. The lowest BCUT2D eigenvalue weighted by Gasteiger charge is -2.24. The van der Waals surface area contributed by atoms with E-state index in [9.17, 15) is 14.4 Å². The molecule has 35 heavy (non-hydrogen) atoms. The number of carbonyl (C=O) groups excluding carboxylic acids is 3. The highest BCUT2D eigenvalue weighted by molar-refractivity contribution is 6.02. The second-order valence-electron chi connectivity index (χ2n) is 7.54. The molecule has 1 heterocycles. The van der Waals surface area contributed by atoms with Crippen molar-refractivity contribution in [3.8, 4) is 11.5 Å². The molecular formula is C26H28N4O5. The molecule has 9 nitrogen and oxygen atoms in total. The Labute approximate surface area is 204 Å². The summed E-state index contributed by atoms with van der Waals surface area (Å²) in [6.45, 7) is 0.0874. The Morgan fingerprint density at radius 1 is 0.886 bits per heavy atom. The van der Waals surface area contributed by atoms with Gasteiger partial charge in [-0.05, 0) is 29.8 Å². The fraction of sp³-hybridized carbons (Fsp3) is 0.231. The van der Waals surface area contributed by atoms with Gasteiger partial charge in [0.2, 0.25) is 17.7 Å². The Kier molecular flexibility index (Phi) is 9.18. The zero-order chi connectivity index (χ0) is 25.0. The number of methoxy groups -OCH3 is 2. The van der Waals surface area contributed by atoms with Crippen LogP contribution in [-0.4, -0.2) is 43.5 Å². The van der Waals surface area contributed by atoms with Gasteiger partial charge >= 0.3 is 0 Å². The molecule has 0 atom stereocenters. The highest BCUT2D eigenvalue weighted by Crippen LogP contribution is 2.32. The second-order valence-corrected chi connectivity index (χ2v) is 7.54. The molecule has 0 aliphatic carbocycles. The molecule has 2 aromatic carbocycles. The Morgan fingerprint density at radius 2 is 1.66 bits per heavy atom. The number of aromatic nitrogens is 1. The summed E-state index contributed by atoms with van der Waals surface area (Å²) in [6.07, 6.45) is 1.38. The Hall–Kier alpha value is -4.40. The van der Waals surface area contributed by atoms with Gasteiger partial charge in [0.1, 0.15) is 23.9 Å². The fourth-order valence-electron chi connectivity index (χ4n) is 3.31. The van der Waals surface area contributed by atoms with Crippen LogP contribution in [0, 0.1) is 0 Å². The van der Waals surface area contributed by atoms with Gasteiger partial charge in [-0.1, -0.05) is 36.4 Å². The monoisotopic (exact) mass is 476 g/mol. The first-order chi connectivity index (χ1) is 17.0. The van der Waals surface area contributed by atoms with Crippen LogP contribution < -0.4 is 25.0 Å². The van der Waals surface area contributed by atoms with E-state index in [-0.39, 0.29) is 31.2 Å². The average molecular weight is 477 g/mol. The Balaban J connectivity index is 1.72. The lowest BCUT2D eigenvalue weighted by atomic mass is 10.2. The molecule has 0 spiro atoms. The van der Waals surface area contributed by atoms with Crippen LogP contribution in [0.1, 0.15) is 18.4 Å². The van der Waals surface area contributed by atoms with E-state index >= 15 is 0 Å². The summed E-state index contributed by atoms with van der Waals surface area (Å²) in [7, 11) is 2.99. The molecular weight excluding hydrogens is 448 g/mol. The lowest BCUT2D eigenvalue weighted by molar-refractivity contribution is -0.125. The van der Waals surface area contributed by atoms with E-state index in [1.807, 2.05) is 30.3 Å². The van der Waals surface area contributed by atoms with Crippen LogP contribution in [0.5, 0.6) is 11.5 Å². The lowest BCUT2D eigenvalue weighted by Crippen LogP contribution is -2.41. The van der Waals surface area contributed by atoms with Crippen molar-refractivity contribution < 1.29 is 23.9 Å². The summed E-state index contributed by atoms with van der Waals surface area (Å²) in [5.74, 6) is 0.205. The molecule has 0 saturated heterocycles. The third kappa shape index (κ3) is 7.56. The normalized spacial score (nSPS) is 10.2. The van der Waals surface area contributed by atoms with Crippen molar-refractivity contribution in [3.63, 3.8) is 0 Å². The number of pyridine rings is 1. The second kappa shape index (κ2) is 12.7. The van der Waals surface area contributed by atoms with Crippen molar-refractivity contribution in [1.29, 1.82) is 0 Å². The van der Waals surface area contributed by atoms with Gasteiger partial charge in [-0.2, -0.15) is 0 Å². The molecule has 0 bridgehead atoms. The third-order valence-electron chi connectivity index (χ3n) is 5.11. The smallest absolute Gasteiger partial charge is 0.240 e. The maximum absolute atomic E-state index is 13.2. The number of carbonyl (C=O) groups is 3.